The Balaban J connectivity index is 1.83. The second kappa shape index (κ2) is 7.25. The number of amides is 1. The summed E-state index contributed by atoms with van der Waals surface area (Å²) in [6, 6.07) is 12.6. The summed E-state index contributed by atoms with van der Waals surface area (Å²) in [6.07, 6.45) is 2.48. The molecule has 1 amide bonds. The van der Waals surface area contributed by atoms with E-state index in [4.69, 9.17) is 0 Å². The molecule has 0 unspecified atom stereocenters. The largest absolute Gasteiger partial charge is 0.341 e. The van der Waals surface area contributed by atoms with Gasteiger partial charge in [0.1, 0.15) is 0 Å². The molecule has 0 atom stereocenters. The summed E-state index contributed by atoms with van der Waals surface area (Å²) in [7, 11) is 1.88. The van der Waals surface area contributed by atoms with Crippen LogP contribution in [0.25, 0.3) is 0 Å². The van der Waals surface area contributed by atoms with E-state index in [1.54, 1.807) is 11.3 Å². The van der Waals surface area contributed by atoms with E-state index in [1.807, 2.05) is 18.0 Å². The fraction of sp³-hybridized carbons (Fsp3) is 0.353. The van der Waals surface area contributed by atoms with E-state index in [2.05, 4.69) is 42.6 Å². The maximum Gasteiger partial charge on any atom is 0.222 e. The summed E-state index contributed by atoms with van der Waals surface area (Å²) in [5, 5.41) is 2.05. The van der Waals surface area contributed by atoms with Crippen LogP contribution in [0.15, 0.2) is 41.8 Å². The number of carbonyl (C=O) groups excluding carboxylic acids is 1. The highest BCUT2D eigenvalue weighted by Crippen LogP contribution is 2.13. The van der Waals surface area contributed by atoms with Crippen molar-refractivity contribution in [3.05, 3.63) is 57.8 Å². The van der Waals surface area contributed by atoms with Crippen molar-refractivity contribution in [1.82, 2.24) is 4.90 Å². The number of rotatable bonds is 6. The molecular weight excluding hydrogens is 266 g/mol. The van der Waals surface area contributed by atoms with Gasteiger partial charge in [0.15, 0.2) is 0 Å². The van der Waals surface area contributed by atoms with Crippen LogP contribution in [0.3, 0.4) is 0 Å². The summed E-state index contributed by atoms with van der Waals surface area (Å²) in [4.78, 5) is 15.2. The van der Waals surface area contributed by atoms with Crippen molar-refractivity contribution in [2.75, 3.05) is 7.05 Å². The van der Waals surface area contributed by atoms with Gasteiger partial charge in [-0.05, 0) is 35.4 Å². The Labute approximate surface area is 125 Å². The second-order valence-corrected chi connectivity index (χ2v) is 6.03. The molecule has 0 aliphatic rings. The molecule has 20 heavy (non-hydrogen) atoms. The fourth-order valence-corrected chi connectivity index (χ4v) is 2.83. The molecule has 0 saturated heterocycles. The molecule has 2 aromatic rings. The third kappa shape index (κ3) is 4.20. The molecule has 0 aliphatic heterocycles. The number of nitrogens with zero attached hydrogens (tertiary/aromatic N) is 1. The first-order chi connectivity index (χ1) is 9.69. The molecule has 0 aliphatic carbocycles. The minimum absolute atomic E-state index is 0.206. The van der Waals surface area contributed by atoms with E-state index >= 15 is 0 Å². The lowest BCUT2D eigenvalue weighted by Crippen LogP contribution is -2.26. The highest BCUT2D eigenvalue weighted by atomic mass is 32.1. The van der Waals surface area contributed by atoms with Crippen LogP contribution < -0.4 is 0 Å². The zero-order chi connectivity index (χ0) is 14.4. The molecule has 0 bridgehead atoms. The first-order valence-corrected chi connectivity index (χ1v) is 7.91. The molecule has 0 N–H and O–H groups in total. The summed E-state index contributed by atoms with van der Waals surface area (Å²) in [5.74, 6) is 0.206. The second-order valence-electron chi connectivity index (χ2n) is 5.00. The number of hydrogen-bond donors (Lipinski definition) is 0. The van der Waals surface area contributed by atoms with Crippen LogP contribution in [0.1, 0.15) is 29.3 Å². The van der Waals surface area contributed by atoms with E-state index in [1.165, 1.54) is 16.0 Å². The average Bonchev–Trinajstić information content (AvgIpc) is 2.98. The Bertz CT molecular complexity index is 531. The van der Waals surface area contributed by atoms with Gasteiger partial charge in [-0.1, -0.05) is 37.3 Å². The standard InChI is InChI=1S/C17H21NOS/c1-3-14-6-8-15(9-7-14)13-18(2)17(19)11-10-16-5-4-12-20-16/h4-9,12H,3,10-11,13H2,1-2H3. The summed E-state index contributed by atoms with van der Waals surface area (Å²) in [5.41, 5.74) is 2.52. The number of benzene rings is 1. The van der Waals surface area contributed by atoms with Crippen molar-refractivity contribution in [2.24, 2.45) is 0 Å². The van der Waals surface area contributed by atoms with Gasteiger partial charge >= 0.3 is 0 Å². The molecule has 1 heterocycles. The molecule has 1 aromatic heterocycles. The monoisotopic (exact) mass is 287 g/mol. The Hall–Kier alpha value is -1.61. The van der Waals surface area contributed by atoms with Gasteiger partial charge in [-0.25, -0.2) is 0 Å². The van der Waals surface area contributed by atoms with E-state index in [0.717, 1.165) is 12.8 Å². The topological polar surface area (TPSA) is 20.3 Å². The molecular formula is C17H21NOS. The molecule has 0 spiro atoms. The molecule has 2 rings (SSSR count). The first kappa shape index (κ1) is 14.8. The van der Waals surface area contributed by atoms with Gasteiger partial charge in [-0.2, -0.15) is 0 Å². The third-order valence-electron chi connectivity index (χ3n) is 3.44. The lowest BCUT2D eigenvalue weighted by atomic mass is 10.1. The summed E-state index contributed by atoms with van der Waals surface area (Å²) < 4.78 is 0. The van der Waals surface area contributed by atoms with Crippen molar-refractivity contribution in [2.45, 2.75) is 32.7 Å². The van der Waals surface area contributed by atoms with E-state index in [0.29, 0.717) is 13.0 Å². The Morgan fingerprint density at radius 2 is 1.85 bits per heavy atom. The Kier molecular flexibility index (Phi) is 5.36. The number of aryl methyl sites for hydroxylation is 2. The van der Waals surface area contributed by atoms with Gasteiger partial charge in [0, 0.05) is 24.9 Å². The predicted octanol–water partition coefficient (Wildman–Crippen LogP) is 3.90. The van der Waals surface area contributed by atoms with Crippen LogP contribution in [-0.4, -0.2) is 17.9 Å². The lowest BCUT2D eigenvalue weighted by Gasteiger charge is -2.17. The van der Waals surface area contributed by atoms with Crippen LogP contribution in [0.2, 0.25) is 0 Å². The van der Waals surface area contributed by atoms with Crippen LogP contribution in [0.5, 0.6) is 0 Å². The van der Waals surface area contributed by atoms with Crippen LogP contribution >= 0.6 is 11.3 Å². The molecule has 0 radical (unpaired) electrons. The van der Waals surface area contributed by atoms with Crippen molar-refractivity contribution in [3.63, 3.8) is 0 Å². The van der Waals surface area contributed by atoms with E-state index in [-0.39, 0.29) is 5.91 Å². The third-order valence-corrected chi connectivity index (χ3v) is 4.38. The smallest absolute Gasteiger partial charge is 0.222 e. The Morgan fingerprint density at radius 3 is 2.45 bits per heavy atom. The SMILES string of the molecule is CCc1ccc(CN(C)C(=O)CCc2cccs2)cc1. The summed E-state index contributed by atoms with van der Waals surface area (Å²) >= 11 is 1.71. The molecule has 2 nitrogen and oxygen atoms in total. The maximum absolute atomic E-state index is 12.1. The van der Waals surface area contributed by atoms with Gasteiger partial charge in [0.05, 0.1) is 0 Å². The van der Waals surface area contributed by atoms with Gasteiger partial charge in [0.25, 0.3) is 0 Å². The van der Waals surface area contributed by atoms with Gasteiger partial charge in [0.2, 0.25) is 5.91 Å². The van der Waals surface area contributed by atoms with Crippen molar-refractivity contribution in [3.8, 4) is 0 Å². The van der Waals surface area contributed by atoms with E-state index < -0.39 is 0 Å². The lowest BCUT2D eigenvalue weighted by molar-refractivity contribution is -0.130. The van der Waals surface area contributed by atoms with Crippen LogP contribution in [-0.2, 0) is 24.2 Å². The molecule has 3 heteroatoms. The number of hydrogen-bond acceptors (Lipinski definition) is 2. The fourth-order valence-electron chi connectivity index (χ4n) is 2.12. The first-order valence-electron chi connectivity index (χ1n) is 7.03. The number of thiophene rings is 1. The van der Waals surface area contributed by atoms with Crippen LogP contribution in [0, 0.1) is 0 Å². The molecule has 106 valence electrons. The zero-order valence-electron chi connectivity index (χ0n) is 12.1. The van der Waals surface area contributed by atoms with Crippen LogP contribution in [0.4, 0.5) is 0 Å². The normalized spacial score (nSPS) is 10.5. The highest BCUT2D eigenvalue weighted by Gasteiger charge is 2.09. The maximum atomic E-state index is 12.1. The zero-order valence-corrected chi connectivity index (χ0v) is 13.0. The minimum Gasteiger partial charge on any atom is -0.341 e. The highest BCUT2D eigenvalue weighted by molar-refractivity contribution is 7.09. The molecule has 0 saturated carbocycles. The molecule has 0 fully saturated rings. The van der Waals surface area contributed by atoms with Crippen molar-refractivity contribution >= 4 is 17.2 Å². The Morgan fingerprint density at radius 1 is 1.15 bits per heavy atom. The number of carbonyl (C=O) groups is 1. The minimum atomic E-state index is 0.206. The molecule has 1 aromatic carbocycles. The quantitative estimate of drug-likeness (QED) is 0.789. The van der Waals surface area contributed by atoms with Gasteiger partial charge < -0.3 is 4.90 Å². The average molecular weight is 287 g/mol. The van der Waals surface area contributed by atoms with Gasteiger partial charge in [-0.15, -0.1) is 11.3 Å². The van der Waals surface area contributed by atoms with Crippen molar-refractivity contribution < 1.29 is 4.79 Å². The summed E-state index contributed by atoms with van der Waals surface area (Å²) in [6.45, 7) is 2.84. The predicted molar refractivity (Wildman–Crippen MR) is 84.9 cm³/mol. The van der Waals surface area contributed by atoms with Crippen molar-refractivity contribution in [1.29, 1.82) is 0 Å². The van der Waals surface area contributed by atoms with Gasteiger partial charge in [-0.3, -0.25) is 4.79 Å². The van der Waals surface area contributed by atoms with E-state index in [9.17, 15) is 4.79 Å².